The van der Waals surface area contributed by atoms with Crippen molar-refractivity contribution in [2.45, 2.75) is 26.5 Å². The fourth-order valence-corrected chi connectivity index (χ4v) is 3.24. The number of carbonyl (C=O) groups is 2. The second-order valence-electron chi connectivity index (χ2n) is 7.21. The second-order valence-corrected chi connectivity index (χ2v) is 7.65. The van der Waals surface area contributed by atoms with E-state index >= 15 is 0 Å². The maximum absolute atomic E-state index is 13.0. The van der Waals surface area contributed by atoms with Crippen LogP contribution >= 0.6 is 11.6 Å². The number of halogens is 1. The molecule has 1 N–H and O–H groups in total. The molecule has 0 aromatic heterocycles. The quantitative estimate of drug-likeness (QED) is 0.495. The van der Waals surface area contributed by atoms with Gasteiger partial charge in [-0.1, -0.05) is 47.5 Å². The van der Waals surface area contributed by atoms with Crippen LogP contribution in [0.2, 0.25) is 5.02 Å². The lowest BCUT2D eigenvalue weighted by molar-refractivity contribution is 0.0600. The van der Waals surface area contributed by atoms with Gasteiger partial charge in [0.2, 0.25) is 0 Å². The first-order valence-electron chi connectivity index (χ1n) is 9.84. The molecule has 1 atom stereocenters. The maximum atomic E-state index is 13.0. The molecule has 1 amide bonds. The minimum Gasteiger partial charge on any atom is -0.489 e. The summed E-state index contributed by atoms with van der Waals surface area (Å²) >= 11 is 6.15. The van der Waals surface area contributed by atoms with Crippen LogP contribution in [0.15, 0.2) is 66.7 Å². The van der Waals surface area contributed by atoms with E-state index in [1.807, 2.05) is 38.1 Å². The topological polar surface area (TPSA) is 64.6 Å². The molecule has 0 aliphatic rings. The smallest absolute Gasteiger partial charge is 0.337 e. The maximum Gasteiger partial charge on any atom is 0.337 e. The molecule has 0 saturated carbocycles. The van der Waals surface area contributed by atoms with Crippen molar-refractivity contribution in [2.75, 3.05) is 7.11 Å². The molecule has 0 spiro atoms. The van der Waals surface area contributed by atoms with Crippen LogP contribution in [0.5, 0.6) is 5.75 Å². The molecule has 0 aliphatic carbocycles. The van der Waals surface area contributed by atoms with Crippen molar-refractivity contribution in [1.29, 1.82) is 0 Å². The molecule has 6 heteroatoms. The SMILES string of the molecule is COC(=O)c1ccc([C@H](C)NC(=O)c2cc(Cl)ccc2COc2ccc(C)cc2)cc1. The highest BCUT2D eigenvalue weighted by Gasteiger charge is 2.17. The molecule has 31 heavy (non-hydrogen) atoms. The van der Waals surface area contributed by atoms with Crippen LogP contribution in [-0.4, -0.2) is 19.0 Å². The molecule has 0 aliphatic heterocycles. The summed E-state index contributed by atoms with van der Waals surface area (Å²) in [5.74, 6) is 0.0703. The third-order valence-corrected chi connectivity index (χ3v) is 5.15. The van der Waals surface area contributed by atoms with Crippen LogP contribution < -0.4 is 10.1 Å². The molecule has 3 aromatic carbocycles. The normalized spacial score (nSPS) is 11.5. The number of aryl methyl sites for hydroxylation is 1. The van der Waals surface area contributed by atoms with Crippen molar-refractivity contribution >= 4 is 23.5 Å². The van der Waals surface area contributed by atoms with Crippen LogP contribution in [0, 0.1) is 6.92 Å². The van der Waals surface area contributed by atoms with Gasteiger partial charge in [-0.05, 0) is 55.8 Å². The van der Waals surface area contributed by atoms with Crippen molar-refractivity contribution in [3.63, 3.8) is 0 Å². The third-order valence-electron chi connectivity index (χ3n) is 4.91. The first-order chi connectivity index (χ1) is 14.9. The van der Waals surface area contributed by atoms with Crippen molar-refractivity contribution in [3.05, 3.63) is 99.6 Å². The van der Waals surface area contributed by atoms with E-state index in [0.717, 1.165) is 22.4 Å². The number of nitrogens with one attached hydrogen (secondary N) is 1. The lowest BCUT2D eigenvalue weighted by Crippen LogP contribution is -2.27. The van der Waals surface area contributed by atoms with Gasteiger partial charge in [-0.15, -0.1) is 0 Å². The fourth-order valence-electron chi connectivity index (χ4n) is 3.06. The monoisotopic (exact) mass is 437 g/mol. The average molecular weight is 438 g/mol. The molecular formula is C25H24ClNO4. The average Bonchev–Trinajstić information content (AvgIpc) is 2.78. The van der Waals surface area contributed by atoms with Gasteiger partial charge in [0.25, 0.3) is 5.91 Å². The summed E-state index contributed by atoms with van der Waals surface area (Å²) in [5, 5.41) is 3.45. The Morgan fingerprint density at radius 3 is 2.32 bits per heavy atom. The molecule has 3 aromatic rings. The van der Waals surface area contributed by atoms with Crippen molar-refractivity contribution in [3.8, 4) is 5.75 Å². The molecule has 160 valence electrons. The lowest BCUT2D eigenvalue weighted by atomic mass is 10.0. The highest BCUT2D eigenvalue weighted by molar-refractivity contribution is 6.31. The van der Waals surface area contributed by atoms with E-state index in [-0.39, 0.29) is 18.6 Å². The standard InChI is InChI=1S/C25H24ClNO4/c1-16-4-12-22(13-5-16)31-15-20-10-11-21(26)14-23(20)24(28)27-17(2)18-6-8-19(9-7-18)25(29)30-3/h4-14,17H,15H2,1-3H3,(H,27,28)/t17-/m0/s1. The van der Waals surface area contributed by atoms with Crippen molar-refractivity contribution in [2.24, 2.45) is 0 Å². The number of rotatable bonds is 7. The van der Waals surface area contributed by atoms with Crippen LogP contribution in [-0.2, 0) is 11.3 Å². The summed E-state index contributed by atoms with van der Waals surface area (Å²) in [5.41, 5.74) is 3.65. The first-order valence-corrected chi connectivity index (χ1v) is 10.2. The molecule has 3 rings (SSSR count). The number of methoxy groups -OCH3 is 1. The summed E-state index contributed by atoms with van der Waals surface area (Å²) < 4.78 is 10.6. The van der Waals surface area contributed by atoms with Gasteiger partial charge in [0.05, 0.1) is 18.7 Å². The Morgan fingerprint density at radius 2 is 1.68 bits per heavy atom. The highest BCUT2D eigenvalue weighted by atomic mass is 35.5. The largest absolute Gasteiger partial charge is 0.489 e. The molecule has 5 nitrogen and oxygen atoms in total. The van der Waals surface area contributed by atoms with E-state index < -0.39 is 5.97 Å². The zero-order valence-electron chi connectivity index (χ0n) is 17.6. The van der Waals surface area contributed by atoms with Gasteiger partial charge < -0.3 is 14.8 Å². The minimum absolute atomic E-state index is 0.241. The summed E-state index contributed by atoms with van der Waals surface area (Å²) in [6, 6.07) is 19.5. The number of ether oxygens (including phenoxy) is 2. The van der Waals surface area contributed by atoms with Crippen molar-refractivity contribution < 1.29 is 19.1 Å². The van der Waals surface area contributed by atoms with E-state index in [1.54, 1.807) is 42.5 Å². The first kappa shape index (κ1) is 22.4. The highest BCUT2D eigenvalue weighted by Crippen LogP contribution is 2.21. The summed E-state index contributed by atoms with van der Waals surface area (Å²) in [6.07, 6.45) is 0. The Labute approximate surface area is 187 Å². The summed E-state index contributed by atoms with van der Waals surface area (Å²) in [4.78, 5) is 24.6. The van der Waals surface area contributed by atoms with Crippen LogP contribution in [0.3, 0.4) is 0 Å². The molecule has 0 heterocycles. The number of carbonyl (C=O) groups excluding carboxylic acids is 2. The van der Waals surface area contributed by atoms with Gasteiger partial charge in [-0.3, -0.25) is 4.79 Å². The van der Waals surface area contributed by atoms with Crippen LogP contribution in [0.25, 0.3) is 0 Å². The molecule has 0 fully saturated rings. The zero-order chi connectivity index (χ0) is 22.4. The van der Waals surface area contributed by atoms with E-state index in [0.29, 0.717) is 16.1 Å². The van der Waals surface area contributed by atoms with E-state index in [9.17, 15) is 9.59 Å². The van der Waals surface area contributed by atoms with Gasteiger partial charge in [-0.2, -0.15) is 0 Å². The number of esters is 1. The Balaban J connectivity index is 1.72. The lowest BCUT2D eigenvalue weighted by Gasteiger charge is -2.17. The molecule has 0 radical (unpaired) electrons. The predicted octanol–water partition coefficient (Wildman–Crippen LogP) is 5.51. The second kappa shape index (κ2) is 10.1. The number of hydrogen-bond acceptors (Lipinski definition) is 4. The Kier molecular flexibility index (Phi) is 7.32. The van der Waals surface area contributed by atoms with Crippen molar-refractivity contribution in [1.82, 2.24) is 5.32 Å². The van der Waals surface area contributed by atoms with Gasteiger partial charge in [0.15, 0.2) is 0 Å². The number of amides is 1. The molecule has 0 saturated heterocycles. The summed E-state index contributed by atoms with van der Waals surface area (Å²) in [6.45, 7) is 4.12. The zero-order valence-corrected chi connectivity index (χ0v) is 18.4. The molecular weight excluding hydrogens is 414 g/mol. The van der Waals surface area contributed by atoms with Crippen LogP contribution in [0.4, 0.5) is 0 Å². The Morgan fingerprint density at radius 1 is 1.00 bits per heavy atom. The predicted molar refractivity (Wildman–Crippen MR) is 121 cm³/mol. The fraction of sp³-hybridized carbons (Fsp3) is 0.200. The van der Waals surface area contributed by atoms with E-state index in [4.69, 9.17) is 21.1 Å². The Bertz CT molecular complexity index is 1060. The number of benzene rings is 3. The minimum atomic E-state index is -0.402. The van der Waals surface area contributed by atoms with Crippen LogP contribution in [0.1, 0.15) is 50.4 Å². The third kappa shape index (κ3) is 5.86. The Hall–Kier alpha value is -3.31. The van der Waals surface area contributed by atoms with E-state index in [1.165, 1.54) is 7.11 Å². The number of hydrogen-bond donors (Lipinski definition) is 1. The molecule has 0 bridgehead atoms. The van der Waals surface area contributed by atoms with Gasteiger partial charge >= 0.3 is 5.97 Å². The van der Waals surface area contributed by atoms with E-state index in [2.05, 4.69) is 5.32 Å². The van der Waals surface area contributed by atoms with Gasteiger partial charge in [-0.25, -0.2) is 4.79 Å². The van der Waals surface area contributed by atoms with Gasteiger partial charge in [0.1, 0.15) is 12.4 Å². The summed E-state index contributed by atoms with van der Waals surface area (Å²) in [7, 11) is 1.34. The molecule has 0 unspecified atom stereocenters. The van der Waals surface area contributed by atoms with Gasteiger partial charge in [0, 0.05) is 16.1 Å².